The number of rotatable bonds is 8. The first-order chi connectivity index (χ1) is 13.8. The number of nitrogens with zero attached hydrogens (tertiary/aromatic N) is 1. The van der Waals surface area contributed by atoms with Gasteiger partial charge in [0.2, 0.25) is 11.8 Å². The number of methoxy groups -OCH3 is 1. The minimum atomic E-state index is -0.771. The number of benzene rings is 1. The number of hydrogen-bond donors (Lipinski definition) is 2. The summed E-state index contributed by atoms with van der Waals surface area (Å²) >= 11 is 0. The first-order valence-electron chi connectivity index (χ1n) is 9.78. The Kier molecular flexibility index (Phi) is 7.75. The normalized spacial score (nSPS) is 17.0. The number of carbonyl (C=O) groups is 4. The van der Waals surface area contributed by atoms with Gasteiger partial charge in [0.1, 0.15) is 24.1 Å². The predicted octanol–water partition coefficient (Wildman–Crippen LogP) is 1.06. The van der Waals surface area contributed by atoms with Crippen LogP contribution in [-0.4, -0.2) is 61.2 Å². The summed E-state index contributed by atoms with van der Waals surface area (Å²) in [5.74, 6) is -0.583. The minimum absolute atomic E-state index is 0.0865. The largest absolute Gasteiger partial charge is 0.496 e. The van der Waals surface area contributed by atoms with E-state index in [2.05, 4.69) is 10.6 Å². The molecule has 1 aromatic rings. The van der Waals surface area contributed by atoms with Crippen LogP contribution in [0.1, 0.15) is 42.6 Å². The van der Waals surface area contributed by atoms with Gasteiger partial charge in [-0.25, -0.2) is 0 Å². The van der Waals surface area contributed by atoms with Gasteiger partial charge in [-0.2, -0.15) is 0 Å². The molecule has 2 rings (SSSR count). The molecule has 0 aromatic heterocycles. The molecule has 158 valence electrons. The Hall–Kier alpha value is -2.90. The highest BCUT2D eigenvalue weighted by Gasteiger charge is 2.38. The molecule has 0 radical (unpaired) electrons. The van der Waals surface area contributed by atoms with Crippen molar-refractivity contribution in [2.24, 2.45) is 5.92 Å². The Bertz CT molecular complexity index is 778. The minimum Gasteiger partial charge on any atom is -0.496 e. The fourth-order valence-electron chi connectivity index (χ4n) is 3.56. The Morgan fingerprint density at radius 2 is 2.03 bits per heavy atom. The van der Waals surface area contributed by atoms with E-state index in [1.807, 2.05) is 13.8 Å². The molecule has 1 heterocycles. The fourth-order valence-corrected chi connectivity index (χ4v) is 3.56. The molecular formula is C21H29N3O5. The molecule has 0 bridgehead atoms. The summed E-state index contributed by atoms with van der Waals surface area (Å²) in [6, 6.07) is 3.78. The lowest BCUT2D eigenvalue weighted by atomic mass is 10.0. The van der Waals surface area contributed by atoms with Crippen LogP contribution >= 0.6 is 0 Å². The summed E-state index contributed by atoms with van der Waals surface area (Å²) < 4.78 is 5.27. The first kappa shape index (κ1) is 22.4. The molecule has 8 heteroatoms. The molecule has 8 nitrogen and oxygen atoms in total. The Labute approximate surface area is 171 Å². The molecule has 1 saturated heterocycles. The third kappa shape index (κ3) is 5.13. The second-order valence-electron chi connectivity index (χ2n) is 7.43. The lowest BCUT2D eigenvalue weighted by Crippen LogP contribution is -2.55. The van der Waals surface area contributed by atoms with Gasteiger partial charge in [-0.15, -0.1) is 0 Å². The number of carbonyl (C=O) groups excluding carboxylic acids is 4. The quantitative estimate of drug-likeness (QED) is 0.632. The molecule has 0 saturated carbocycles. The van der Waals surface area contributed by atoms with Crippen LogP contribution in [0.4, 0.5) is 0 Å². The summed E-state index contributed by atoms with van der Waals surface area (Å²) in [6.07, 6.45) is 1.83. The van der Waals surface area contributed by atoms with E-state index in [0.717, 1.165) is 0 Å². The highest BCUT2D eigenvalue weighted by molar-refractivity contribution is 6.00. The van der Waals surface area contributed by atoms with E-state index in [9.17, 15) is 19.2 Å². The molecule has 1 aromatic carbocycles. The van der Waals surface area contributed by atoms with Crippen LogP contribution in [0, 0.1) is 12.8 Å². The Morgan fingerprint density at radius 3 is 2.66 bits per heavy atom. The molecule has 29 heavy (non-hydrogen) atoms. The highest BCUT2D eigenvalue weighted by Crippen LogP contribution is 2.23. The Balaban J connectivity index is 2.18. The van der Waals surface area contributed by atoms with Crippen molar-refractivity contribution in [3.05, 3.63) is 29.3 Å². The van der Waals surface area contributed by atoms with Gasteiger partial charge in [0.25, 0.3) is 5.91 Å². The molecule has 1 aliphatic rings. The molecule has 2 N–H and O–H groups in total. The van der Waals surface area contributed by atoms with E-state index in [1.165, 1.54) is 12.0 Å². The molecule has 0 unspecified atom stereocenters. The van der Waals surface area contributed by atoms with Crippen molar-refractivity contribution in [2.45, 2.75) is 45.7 Å². The van der Waals surface area contributed by atoms with Gasteiger partial charge < -0.3 is 25.1 Å². The summed E-state index contributed by atoms with van der Waals surface area (Å²) in [7, 11) is 1.54. The third-order valence-electron chi connectivity index (χ3n) is 5.17. The van der Waals surface area contributed by atoms with Crippen LogP contribution in [0.2, 0.25) is 0 Å². The molecule has 2 atom stereocenters. The molecule has 1 aliphatic heterocycles. The van der Waals surface area contributed by atoms with Gasteiger partial charge in [0.05, 0.1) is 13.7 Å². The lowest BCUT2D eigenvalue weighted by molar-refractivity contribution is -0.140. The van der Waals surface area contributed by atoms with Crippen LogP contribution in [-0.2, 0) is 14.4 Å². The van der Waals surface area contributed by atoms with Crippen LogP contribution in [0.5, 0.6) is 5.75 Å². The van der Waals surface area contributed by atoms with Crippen molar-refractivity contribution in [1.82, 2.24) is 15.5 Å². The van der Waals surface area contributed by atoms with Crippen LogP contribution in [0.15, 0.2) is 18.2 Å². The van der Waals surface area contributed by atoms with Crippen molar-refractivity contribution < 1.29 is 23.9 Å². The van der Waals surface area contributed by atoms with Crippen LogP contribution < -0.4 is 15.4 Å². The van der Waals surface area contributed by atoms with E-state index in [-0.39, 0.29) is 30.2 Å². The summed E-state index contributed by atoms with van der Waals surface area (Å²) in [4.78, 5) is 50.4. The highest BCUT2D eigenvalue weighted by atomic mass is 16.5. The monoisotopic (exact) mass is 403 g/mol. The van der Waals surface area contributed by atoms with Gasteiger partial charge in [-0.3, -0.25) is 14.4 Å². The third-order valence-corrected chi connectivity index (χ3v) is 5.17. The summed E-state index contributed by atoms with van der Waals surface area (Å²) in [5, 5.41) is 5.34. The molecule has 0 spiro atoms. The topological polar surface area (TPSA) is 105 Å². The van der Waals surface area contributed by atoms with Crippen LogP contribution in [0.3, 0.4) is 0 Å². The fraction of sp³-hybridized carbons (Fsp3) is 0.524. The van der Waals surface area contributed by atoms with E-state index in [4.69, 9.17) is 4.74 Å². The molecular weight excluding hydrogens is 374 g/mol. The van der Waals surface area contributed by atoms with Gasteiger partial charge in [-0.1, -0.05) is 19.9 Å². The van der Waals surface area contributed by atoms with E-state index in [0.29, 0.717) is 42.5 Å². The molecule has 1 fully saturated rings. The van der Waals surface area contributed by atoms with Gasteiger partial charge in [0.15, 0.2) is 0 Å². The number of nitrogens with one attached hydrogen (secondary N) is 2. The van der Waals surface area contributed by atoms with Crippen molar-refractivity contribution in [3.8, 4) is 5.75 Å². The average molecular weight is 403 g/mol. The van der Waals surface area contributed by atoms with Crippen molar-refractivity contribution in [1.29, 1.82) is 0 Å². The predicted molar refractivity (Wildman–Crippen MR) is 108 cm³/mol. The SMILES string of the molecule is COc1cccc(C(=O)N[C@H](C(=O)N2CCC[C@H]2C(=O)NCC=O)C(C)C)c1C. The van der Waals surface area contributed by atoms with Crippen molar-refractivity contribution in [3.63, 3.8) is 0 Å². The van der Waals surface area contributed by atoms with Crippen molar-refractivity contribution >= 4 is 24.0 Å². The van der Waals surface area contributed by atoms with Gasteiger partial charge >= 0.3 is 0 Å². The summed E-state index contributed by atoms with van der Waals surface area (Å²) in [6.45, 7) is 5.83. The van der Waals surface area contributed by atoms with Crippen molar-refractivity contribution in [2.75, 3.05) is 20.2 Å². The number of ether oxygens (including phenoxy) is 1. The first-order valence-corrected chi connectivity index (χ1v) is 9.78. The molecule has 3 amide bonds. The number of aldehydes is 1. The van der Waals surface area contributed by atoms with E-state index >= 15 is 0 Å². The van der Waals surface area contributed by atoms with Gasteiger partial charge in [0, 0.05) is 17.7 Å². The lowest BCUT2D eigenvalue weighted by Gasteiger charge is -2.30. The Morgan fingerprint density at radius 1 is 1.31 bits per heavy atom. The number of amides is 3. The standard InChI is InChI=1S/C21H29N3O5/c1-13(2)18(23-19(26)15-7-5-9-17(29-4)14(15)3)21(28)24-11-6-8-16(24)20(27)22-10-12-25/h5,7,9,12-13,16,18H,6,8,10-11H2,1-4H3,(H,22,27)(H,23,26)/t16-,18-/m0/s1. The van der Waals surface area contributed by atoms with E-state index < -0.39 is 12.1 Å². The number of likely N-dealkylation sites (tertiary alicyclic amines) is 1. The van der Waals surface area contributed by atoms with Gasteiger partial charge in [-0.05, 0) is 37.8 Å². The zero-order chi connectivity index (χ0) is 21.6. The average Bonchev–Trinajstić information content (AvgIpc) is 3.19. The zero-order valence-corrected chi connectivity index (χ0v) is 17.4. The second kappa shape index (κ2) is 10.0. The molecule has 0 aliphatic carbocycles. The van der Waals surface area contributed by atoms with Crippen LogP contribution in [0.25, 0.3) is 0 Å². The maximum absolute atomic E-state index is 13.2. The maximum Gasteiger partial charge on any atom is 0.252 e. The smallest absolute Gasteiger partial charge is 0.252 e. The number of hydrogen-bond acceptors (Lipinski definition) is 5. The van der Waals surface area contributed by atoms with E-state index in [1.54, 1.807) is 25.1 Å². The summed E-state index contributed by atoms with van der Waals surface area (Å²) in [5.41, 5.74) is 1.12. The maximum atomic E-state index is 13.2. The zero-order valence-electron chi connectivity index (χ0n) is 17.4. The second-order valence-corrected chi connectivity index (χ2v) is 7.43.